The van der Waals surface area contributed by atoms with Crippen LogP contribution in [0.2, 0.25) is 0 Å². The minimum Gasteiger partial charge on any atom is -0.379 e. The van der Waals surface area contributed by atoms with Gasteiger partial charge in [0, 0.05) is 57.2 Å². The van der Waals surface area contributed by atoms with Gasteiger partial charge in [0.2, 0.25) is 5.91 Å². The lowest BCUT2D eigenvalue weighted by molar-refractivity contribution is -0.134. The average Bonchev–Trinajstić information content (AvgIpc) is 3.29. The van der Waals surface area contributed by atoms with Gasteiger partial charge in [-0.15, -0.1) is 0 Å². The van der Waals surface area contributed by atoms with E-state index in [0.29, 0.717) is 51.5 Å². The first kappa shape index (κ1) is 18.6. The Labute approximate surface area is 164 Å². The number of carbonyl (C=O) groups is 2. The molecule has 2 saturated heterocycles. The monoisotopic (exact) mass is 383 g/mol. The van der Waals surface area contributed by atoms with Crippen LogP contribution in [0.1, 0.15) is 10.4 Å². The number of aromatic nitrogens is 2. The Morgan fingerprint density at radius 2 is 1.61 bits per heavy atom. The third-order valence-corrected chi connectivity index (χ3v) is 5.27. The molecule has 2 aromatic rings. The van der Waals surface area contributed by atoms with Gasteiger partial charge in [0.05, 0.1) is 25.4 Å². The second kappa shape index (κ2) is 8.53. The Hall–Kier alpha value is -2.71. The highest BCUT2D eigenvalue weighted by molar-refractivity contribution is 5.94. The minimum absolute atomic E-state index is 0.00675. The van der Waals surface area contributed by atoms with E-state index in [0.717, 1.165) is 18.8 Å². The highest BCUT2D eigenvalue weighted by Gasteiger charge is 2.26. The average molecular weight is 383 g/mol. The van der Waals surface area contributed by atoms with Crippen molar-refractivity contribution < 1.29 is 14.3 Å². The van der Waals surface area contributed by atoms with Gasteiger partial charge in [0.1, 0.15) is 0 Å². The van der Waals surface area contributed by atoms with Crippen LogP contribution >= 0.6 is 0 Å². The maximum atomic E-state index is 12.8. The van der Waals surface area contributed by atoms with Crippen molar-refractivity contribution in [2.75, 3.05) is 59.0 Å². The molecular weight excluding hydrogens is 358 g/mol. The van der Waals surface area contributed by atoms with E-state index in [9.17, 15) is 9.59 Å². The lowest BCUT2D eigenvalue weighted by Gasteiger charge is -2.36. The fraction of sp³-hybridized carbons (Fsp3) is 0.450. The third-order valence-electron chi connectivity index (χ3n) is 5.27. The van der Waals surface area contributed by atoms with Crippen LogP contribution in [0.3, 0.4) is 0 Å². The van der Waals surface area contributed by atoms with Crippen LogP contribution in [0.25, 0.3) is 5.69 Å². The first-order valence-corrected chi connectivity index (χ1v) is 9.68. The van der Waals surface area contributed by atoms with E-state index in [-0.39, 0.29) is 11.8 Å². The summed E-state index contributed by atoms with van der Waals surface area (Å²) >= 11 is 0. The first-order chi connectivity index (χ1) is 13.7. The van der Waals surface area contributed by atoms with Crippen molar-refractivity contribution in [3.8, 4) is 5.69 Å². The molecule has 148 valence electrons. The molecule has 8 nitrogen and oxygen atoms in total. The highest BCUT2D eigenvalue weighted by atomic mass is 16.5. The summed E-state index contributed by atoms with van der Waals surface area (Å²) in [6, 6.07) is 9.30. The SMILES string of the molecule is O=C(CN1CCOCC1)N1CCN(C(=O)c2ccc(-n3cccn3)cc2)CC1. The molecule has 0 radical (unpaired) electrons. The fourth-order valence-corrected chi connectivity index (χ4v) is 3.57. The molecule has 1 aromatic carbocycles. The zero-order valence-corrected chi connectivity index (χ0v) is 15.9. The number of benzene rings is 1. The van der Waals surface area contributed by atoms with Crippen LogP contribution in [-0.2, 0) is 9.53 Å². The normalized spacial score (nSPS) is 18.3. The van der Waals surface area contributed by atoms with E-state index in [1.807, 2.05) is 46.3 Å². The Bertz CT molecular complexity index is 792. The Morgan fingerprint density at radius 1 is 0.929 bits per heavy atom. The molecule has 2 fully saturated rings. The molecule has 8 heteroatoms. The molecule has 0 N–H and O–H groups in total. The largest absolute Gasteiger partial charge is 0.379 e. The molecule has 4 rings (SSSR count). The standard InChI is InChI=1S/C20H25N5O3/c26-19(16-22-12-14-28-15-13-22)23-8-10-24(11-9-23)20(27)17-2-4-18(5-3-17)25-7-1-6-21-25/h1-7H,8-16H2. The number of ether oxygens (including phenoxy) is 1. The Kier molecular flexibility index (Phi) is 5.68. The molecule has 0 aliphatic carbocycles. The summed E-state index contributed by atoms with van der Waals surface area (Å²) in [5.41, 5.74) is 1.57. The van der Waals surface area contributed by atoms with Crippen molar-refractivity contribution in [2.45, 2.75) is 0 Å². The van der Waals surface area contributed by atoms with E-state index < -0.39 is 0 Å². The Morgan fingerprint density at radius 3 is 2.25 bits per heavy atom. The highest BCUT2D eigenvalue weighted by Crippen LogP contribution is 2.13. The van der Waals surface area contributed by atoms with Crippen LogP contribution in [0, 0.1) is 0 Å². The van der Waals surface area contributed by atoms with Gasteiger partial charge in [-0.2, -0.15) is 5.10 Å². The number of amides is 2. The van der Waals surface area contributed by atoms with E-state index in [2.05, 4.69) is 10.00 Å². The van der Waals surface area contributed by atoms with Gasteiger partial charge >= 0.3 is 0 Å². The molecule has 28 heavy (non-hydrogen) atoms. The number of piperazine rings is 1. The van der Waals surface area contributed by atoms with Crippen molar-refractivity contribution in [1.82, 2.24) is 24.5 Å². The smallest absolute Gasteiger partial charge is 0.253 e. The van der Waals surface area contributed by atoms with Crippen LogP contribution in [0.5, 0.6) is 0 Å². The third kappa shape index (κ3) is 4.23. The second-order valence-corrected chi connectivity index (χ2v) is 7.06. The van der Waals surface area contributed by atoms with E-state index >= 15 is 0 Å². The van der Waals surface area contributed by atoms with Crippen LogP contribution < -0.4 is 0 Å². The zero-order chi connectivity index (χ0) is 19.3. The summed E-state index contributed by atoms with van der Waals surface area (Å²) in [4.78, 5) is 31.1. The lowest BCUT2D eigenvalue weighted by atomic mass is 10.1. The molecule has 0 spiro atoms. The van der Waals surface area contributed by atoms with E-state index in [1.54, 1.807) is 10.9 Å². The molecule has 2 aliphatic heterocycles. The maximum absolute atomic E-state index is 12.8. The number of hydrogen-bond donors (Lipinski definition) is 0. The molecule has 0 atom stereocenters. The minimum atomic E-state index is 0.00675. The number of carbonyl (C=O) groups excluding carboxylic acids is 2. The van der Waals surface area contributed by atoms with Gasteiger partial charge in [-0.25, -0.2) is 4.68 Å². The predicted octanol–water partition coefficient (Wildman–Crippen LogP) is 0.489. The zero-order valence-electron chi connectivity index (χ0n) is 15.9. The van der Waals surface area contributed by atoms with Gasteiger partial charge in [0.25, 0.3) is 5.91 Å². The molecular formula is C20H25N5O3. The van der Waals surface area contributed by atoms with E-state index in [4.69, 9.17) is 4.74 Å². The quantitative estimate of drug-likeness (QED) is 0.769. The predicted molar refractivity (Wildman–Crippen MR) is 103 cm³/mol. The van der Waals surface area contributed by atoms with Crippen LogP contribution in [0.15, 0.2) is 42.7 Å². The lowest BCUT2D eigenvalue weighted by Crippen LogP contribution is -2.53. The Balaban J connectivity index is 1.29. The first-order valence-electron chi connectivity index (χ1n) is 9.68. The molecule has 0 bridgehead atoms. The van der Waals surface area contributed by atoms with Crippen molar-refractivity contribution >= 4 is 11.8 Å². The molecule has 2 aliphatic rings. The summed E-state index contributed by atoms with van der Waals surface area (Å²) in [5, 5.41) is 4.19. The number of hydrogen-bond acceptors (Lipinski definition) is 5. The summed E-state index contributed by atoms with van der Waals surface area (Å²) in [7, 11) is 0. The van der Waals surface area contributed by atoms with Crippen molar-refractivity contribution in [3.05, 3.63) is 48.3 Å². The molecule has 2 amide bonds. The maximum Gasteiger partial charge on any atom is 0.253 e. The summed E-state index contributed by atoms with van der Waals surface area (Å²) < 4.78 is 7.08. The van der Waals surface area contributed by atoms with Gasteiger partial charge in [-0.05, 0) is 30.3 Å². The molecule has 0 saturated carbocycles. The van der Waals surface area contributed by atoms with Crippen LogP contribution in [0.4, 0.5) is 0 Å². The number of morpholine rings is 1. The van der Waals surface area contributed by atoms with Crippen molar-refractivity contribution in [1.29, 1.82) is 0 Å². The van der Waals surface area contributed by atoms with Gasteiger partial charge < -0.3 is 14.5 Å². The fourth-order valence-electron chi connectivity index (χ4n) is 3.57. The number of rotatable bonds is 4. The van der Waals surface area contributed by atoms with Gasteiger partial charge in [-0.1, -0.05) is 0 Å². The van der Waals surface area contributed by atoms with E-state index in [1.165, 1.54) is 0 Å². The summed E-state index contributed by atoms with van der Waals surface area (Å²) in [5.74, 6) is 0.143. The van der Waals surface area contributed by atoms with Crippen LogP contribution in [-0.4, -0.2) is 95.3 Å². The summed E-state index contributed by atoms with van der Waals surface area (Å²) in [6.45, 7) is 5.72. The molecule has 3 heterocycles. The summed E-state index contributed by atoms with van der Waals surface area (Å²) in [6.07, 6.45) is 3.59. The second-order valence-electron chi connectivity index (χ2n) is 7.06. The van der Waals surface area contributed by atoms with Gasteiger partial charge in [0.15, 0.2) is 0 Å². The topological polar surface area (TPSA) is 70.9 Å². The van der Waals surface area contributed by atoms with Crippen molar-refractivity contribution in [3.63, 3.8) is 0 Å². The number of nitrogens with zero attached hydrogens (tertiary/aromatic N) is 5. The van der Waals surface area contributed by atoms with Gasteiger partial charge in [-0.3, -0.25) is 14.5 Å². The molecule has 1 aromatic heterocycles. The van der Waals surface area contributed by atoms with Crippen molar-refractivity contribution in [2.24, 2.45) is 0 Å². The molecule has 0 unspecified atom stereocenters.